The second-order valence-corrected chi connectivity index (χ2v) is 6.95. The molecule has 0 saturated carbocycles. The summed E-state index contributed by atoms with van der Waals surface area (Å²) in [5.41, 5.74) is 0. The van der Waals surface area contributed by atoms with Crippen molar-refractivity contribution >= 4 is 11.8 Å². The van der Waals surface area contributed by atoms with Gasteiger partial charge in [0.25, 0.3) is 5.91 Å². The third-order valence-corrected chi connectivity index (χ3v) is 4.85. The predicted molar refractivity (Wildman–Crippen MR) is 89.8 cm³/mol. The summed E-state index contributed by atoms with van der Waals surface area (Å²) in [6.07, 6.45) is 3.02. The Morgan fingerprint density at radius 2 is 1.88 bits per heavy atom. The van der Waals surface area contributed by atoms with Crippen molar-refractivity contribution in [2.75, 3.05) is 26.3 Å². The predicted octanol–water partition coefficient (Wildman–Crippen LogP) is 1.65. The van der Waals surface area contributed by atoms with E-state index in [1.807, 2.05) is 18.7 Å². The minimum atomic E-state index is -0.562. The molecular weight excluding hydrogens is 324 g/mol. The van der Waals surface area contributed by atoms with Crippen LogP contribution in [0.3, 0.4) is 0 Å². The third kappa shape index (κ3) is 4.22. The Balaban J connectivity index is 1.56. The highest BCUT2D eigenvalue weighted by atomic mass is 16.7. The lowest BCUT2D eigenvalue weighted by Gasteiger charge is -2.36. The molecule has 1 atom stereocenters. The van der Waals surface area contributed by atoms with Gasteiger partial charge in [0.1, 0.15) is 6.04 Å². The molecule has 7 heteroatoms. The van der Waals surface area contributed by atoms with Crippen molar-refractivity contribution in [3.63, 3.8) is 0 Å². The first-order valence-corrected chi connectivity index (χ1v) is 8.92. The van der Waals surface area contributed by atoms with Gasteiger partial charge in [-0.3, -0.25) is 9.59 Å². The fourth-order valence-electron chi connectivity index (χ4n) is 3.37. The number of amides is 2. The Hall–Kier alpha value is -1.86. The Bertz CT molecular complexity index is 572. The standard InChI is InChI=1S/C18H26N2O5/c1-12(2)15(19-16(21)14-4-3-9-23-14)17(22)20-7-5-13(6-8-20)18-24-10-11-25-18/h3-4,9,12-13,15,18H,5-8,10-11H2,1-2H3,(H,19,21). The third-order valence-electron chi connectivity index (χ3n) is 4.85. The first-order chi connectivity index (χ1) is 12.1. The number of carbonyl (C=O) groups excluding carboxylic acids is 2. The normalized spacial score (nSPS) is 20.8. The molecule has 3 rings (SSSR count). The van der Waals surface area contributed by atoms with Gasteiger partial charge in [0.2, 0.25) is 5.91 Å². The van der Waals surface area contributed by atoms with Crippen molar-refractivity contribution in [2.45, 2.75) is 39.0 Å². The SMILES string of the molecule is CC(C)C(NC(=O)c1ccco1)C(=O)N1CCC(C2OCCO2)CC1. The molecule has 1 aromatic heterocycles. The molecule has 2 aliphatic heterocycles. The van der Waals surface area contributed by atoms with Crippen LogP contribution < -0.4 is 5.32 Å². The number of likely N-dealkylation sites (tertiary alicyclic amines) is 1. The number of hydrogen-bond acceptors (Lipinski definition) is 5. The summed E-state index contributed by atoms with van der Waals surface area (Å²) in [6.45, 7) is 6.48. The van der Waals surface area contributed by atoms with E-state index in [9.17, 15) is 9.59 Å². The van der Waals surface area contributed by atoms with Gasteiger partial charge in [-0.05, 0) is 30.9 Å². The number of rotatable bonds is 5. The number of hydrogen-bond donors (Lipinski definition) is 1. The summed E-state index contributed by atoms with van der Waals surface area (Å²) >= 11 is 0. The molecule has 2 amide bonds. The van der Waals surface area contributed by atoms with Gasteiger partial charge >= 0.3 is 0 Å². The monoisotopic (exact) mass is 350 g/mol. The fraction of sp³-hybridized carbons (Fsp3) is 0.667. The molecule has 1 unspecified atom stereocenters. The van der Waals surface area contributed by atoms with E-state index in [-0.39, 0.29) is 29.8 Å². The van der Waals surface area contributed by atoms with Crippen LogP contribution in [-0.2, 0) is 14.3 Å². The van der Waals surface area contributed by atoms with Crippen molar-refractivity contribution in [3.8, 4) is 0 Å². The van der Waals surface area contributed by atoms with Crippen molar-refractivity contribution < 1.29 is 23.5 Å². The maximum Gasteiger partial charge on any atom is 0.287 e. The molecule has 3 heterocycles. The Morgan fingerprint density at radius 1 is 1.20 bits per heavy atom. The molecule has 2 fully saturated rings. The Morgan fingerprint density at radius 3 is 2.44 bits per heavy atom. The summed E-state index contributed by atoms with van der Waals surface area (Å²) in [4.78, 5) is 26.9. The molecule has 0 bridgehead atoms. The van der Waals surface area contributed by atoms with Crippen LogP contribution in [0.25, 0.3) is 0 Å². The van der Waals surface area contributed by atoms with Gasteiger partial charge in [0, 0.05) is 19.0 Å². The molecular formula is C18H26N2O5. The van der Waals surface area contributed by atoms with Gasteiger partial charge in [0.05, 0.1) is 19.5 Å². The van der Waals surface area contributed by atoms with E-state index >= 15 is 0 Å². The molecule has 138 valence electrons. The molecule has 7 nitrogen and oxygen atoms in total. The quantitative estimate of drug-likeness (QED) is 0.873. The molecule has 25 heavy (non-hydrogen) atoms. The number of nitrogens with zero attached hydrogens (tertiary/aromatic N) is 1. The lowest BCUT2D eigenvalue weighted by atomic mass is 9.94. The second-order valence-electron chi connectivity index (χ2n) is 6.95. The average Bonchev–Trinajstić information content (AvgIpc) is 3.32. The zero-order valence-electron chi connectivity index (χ0n) is 14.8. The summed E-state index contributed by atoms with van der Waals surface area (Å²) in [5, 5.41) is 2.81. The van der Waals surface area contributed by atoms with Crippen LogP contribution in [-0.4, -0.2) is 55.3 Å². The van der Waals surface area contributed by atoms with Crippen LogP contribution in [0.15, 0.2) is 22.8 Å². The number of ether oxygens (including phenoxy) is 2. The molecule has 1 N–H and O–H groups in total. The van der Waals surface area contributed by atoms with Gasteiger partial charge < -0.3 is 24.1 Å². The molecule has 2 saturated heterocycles. The number of carbonyl (C=O) groups is 2. The zero-order valence-corrected chi connectivity index (χ0v) is 14.8. The molecule has 0 radical (unpaired) electrons. The van der Waals surface area contributed by atoms with Crippen molar-refractivity contribution in [3.05, 3.63) is 24.2 Å². The van der Waals surface area contributed by atoms with E-state index in [0.29, 0.717) is 32.2 Å². The van der Waals surface area contributed by atoms with Crippen LogP contribution in [0.2, 0.25) is 0 Å². The lowest BCUT2D eigenvalue weighted by molar-refractivity contribution is -0.139. The molecule has 0 aromatic carbocycles. The minimum absolute atomic E-state index is 0.00867. The highest BCUT2D eigenvalue weighted by molar-refractivity contribution is 5.95. The molecule has 1 aromatic rings. The van der Waals surface area contributed by atoms with Crippen LogP contribution in [0.5, 0.6) is 0 Å². The summed E-state index contributed by atoms with van der Waals surface area (Å²) in [7, 11) is 0. The number of piperidine rings is 1. The summed E-state index contributed by atoms with van der Waals surface area (Å²) in [5.74, 6) is 0.140. The fourth-order valence-corrected chi connectivity index (χ4v) is 3.37. The minimum Gasteiger partial charge on any atom is -0.459 e. The molecule has 2 aliphatic rings. The molecule has 0 aliphatic carbocycles. The van der Waals surface area contributed by atoms with Gasteiger partial charge in [0.15, 0.2) is 12.1 Å². The van der Waals surface area contributed by atoms with Crippen molar-refractivity contribution in [2.24, 2.45) is 11.8 Å². The van der Waals surface area contributed by atoms with E-state index in [4.69, 9.17) is 13.9 Å². The van der Waals surface area contributed by atoms with E-state index in [1.54, 1.807) is 12.1 Å². The van der Waals surface area contributed by atoms with E-state index in [2.05, 4.69) is 5.32 Å². The van der Waals surface area contributed by atoms with Crippen LogP contribution in [0.4, 0.5) is 0 Å². The van der Waals surface area contributed by atoms with Gasteiger partial charge in [-0.25, -0.2) is 0 Å². The van der Waals surface area contributed by atoms with Crippen molar-refractivity contribution in [1.29, 1.82) is 0 Å². The maximum atomic E-state index is 12.9. The number of nitrogens with one attached hydrogen (secondary N) is 1. The topological polar surface area (TPSA) is 81.0 Å². The summed E-state index contributed by atoms with van der Waals surface area (Å²) in [6, 6.07) is 2.68. The maximum absolute atomic E-state index is 12.9. The van der Waals surface area contributed by atoms with E-state index in [0.717, 1.165) is 12.8 Å². The zero-order chi connectivity index (χ0) is 17.8. The van der Waals surface area contributed by atoms with Gasteiger partial charge in [-0.1, -0.05) is 13.8 Å². The Labute approximate surface area is 147 Å². The second kappa shape index (κ2) is 8.01. The Kier molecular flexibility index (Phi) is 5.75. The van der Waals surface area contributed by atoms with Crippen LogP contribution in [0, 0.1) is 11.8 Å². The van der Waals surface area contributed by atoms with E-state index in [1.165, 1.54) is 6.26 Å². The van der Waals surface area contributed by atoms with Crippen LogP contribution >= 0.6 is 0 Å². The summed E-state index contributed by atoms with van der Waals surface area (Å²) < 4.78 is 16.3. The molecule has 0 spiro atoms. The van der Waals surface area contributed by atoms with Crippen molar-refractivity contribution in [1.82, 2.24) is 10.2 Å². The highest BCUT2D eigenvalue weighted by Crippen LogP contribution is 2.26. The largest absolute Gasteiger partial charge is 0.459 e. The highest BCUT2D eigenvalue weighted by Gasteiger charge is 2.35. The van der Waals surface area contributed by atoms with Gasteiger partial charge in [-0.2, -0.15) is 0 Å². The first-order valence-electron chi connectivity index (χ1n) is 8.92. The van der Waals surface area contributed by atoms with Crippen LogP contribution in [0.1, 0.15) is 37.2 Å². The van der Waals surface area contributed by atoms with E-state index < -0.39 is 6.04 Å². The first kappa shape index (κ1) is 17.9. The average molecular weight is 350 g/mol. The number of furan rings is 1. The van der Waals surface area contributed by atoms with Gasteiger partial charge in [-0.15, -0.1) is 0 Å². The smallest absolute Gasteiger partial charge is 0.287 e. The lowest BCUT2D eigenvalue weighted by Crippen LogP contribution is -2.53.